The van der Waals surface area contributed by atoms with Crippen LogP contribution in [-0.4, -0.2) is 33.1 Å². The summed E-state index contributed by atoms with van der Waals surface area (Å²) < 4.78 is 27.8. The molecular weight excluding hydrogens is 478 g/mol. The highest BCUT2D eigenvalue weighted by atomic mass is 19.1. The van der Waals surface area contributed by atoms with Gasteiger partial charge in [-0.05, 0) is 56.7 Å². The molecule has 0 radical (unpaired) electrons. The lowest BCUT2D eigenvalue weighted by molar-refractivity contribution is -0.119. The summed E-state index contributed by atoms with van der Waals surface area (Å²) in [5.41, 5.74) is 1.44. The van der Waals surface area contributed by atoms with Gasteiger partial charge in [-0.1, -0.05) is 13.0 Å². The molecule has 2 aromatic carbocycles. The molecule has 1 fully saturated rings. The summed E-state index contributed by atoms with van der Waals surface area (Å²) in [6.45, 7) is 4.06. The molecule has 0 spiro atoms. The van der Waals surface area contributed by atoms with E-state index in [2.05, 4.69) is 23.3 Å². The summed E-state index contributed by atoms with van der Waals surface area (Å²) in [5.74, 6) is -2.22. The number of rotatable bonds is 4. The quantitative estimate of drug-likeness (QED) is 0.450. The number of nitrogens with one attached hydrogen (secondary N) is 1. The lowest BCUT2D eigenvalue weighted by atomic mass is 9.85. The molecule has 37 heavy (non-hydrogen) atoms. The van der Waals surface area contributed by atoms with Crippen molar-refractivity contribution in [2.75, 3.05) is 15.1 Å². The third kappa shape index (κ3) is 4.53. The van der Waals surface area contributed by atoms with Gasteiger partial charge in [0.2, 0.25) is 5.95 Å². The Morgan fingerprint density at radius 2 is 1.81 bits per heavy atom. The van der Waals surface area contributed by atoms with E-state index >= 15 is 0 Å². The number of carbonyl (C=O) groups excluding carboxylic acids is 1. The second-order valence-electron chi connectivity index (χ2n) is 9.65. The zero-order chi connectivity index (χ0) is 26.3. The van der Waals surface area contributed by atoms with E-state index in [-0.39, 0.29) is 23.6 Å². The minimum Gasteiger partial charge on any atom is -0.503 e. The number of nitriles is 1. The number of carbonyl (C=O) groups is 1. The van der Waals surface area contributed by atoms with Crippen LogP contribution in [0.3, 0.4) is 0 Å². The Labute approximate surface area is 213 Å². The van der Waals surface area contributed by atoms with Crippen LogP contribution in [0.25, 0.3) is 0 Å². The predicted molar refractivity (Wildman–Crippen MR) is 135 cm³/mol. The molecule has 1 aliphatic heterocycles. The summed E-state index contributed by atoms with van der Waals surface area (Å²) >= 11 is 0. The number of hydrogen-bond donors (Lipinski definition) is 2. The lowest BCUT2D eigenvalue weighted by Crippen LogP contribution is -2.55. The second kappa shape index (κ2) is 9.65. The normalized spacial score (nSPS) is 21.4. The van der Waals surface area contributed by atoms with Crippen molar-refractivity contribution in [3.63, 3.8) is 0 Å². The van der Waals surface area contributed by atoms with E-state index in [0.29, 0.717) is 28.7 Å². The maximum Gasteiger partial charge on any atom is 0.254 e. The Balaban J connectivity index is 1.60. The van der Waals surface area contributed by atoms with Gasteiger partial charge >= 0.3 is 0 Å². The molecule has 3 aromatic rings. The molecule has 1 aromatic heterocycles. The molecule has 1 saturated carbocycles. The minimum absolute atomic E-state index is 0.0318. The van der Waals surface area contributed by atoms with Crippen LogP contribution < -0.4 is 15.1 Å². The molecule has 2 aliphatic rings. The fourth-order valence-electron chi connectivity index (χ4n) is 5.14. The van der Waals surface area contributed by atoms with Gasteiger partial charge in [-0.2, -0.15) is 10.2 Å². The Morgan fingerprint density at radius 3 is 2.49 bits per heavy atom. The fraction of sp³-hybridized carbons (Fsp3) is 0.333. The largest absolute Gasteiger partial charge is 0.503 e. The van der Waals surface area contributed by atoms with E-state index < -0.39 is 23.4 Å². The number of nitrogens with zero attached hydrogens (tertiary/aromatic N) is 5. The van der Waals surface area contributed by atoms with Gasteiger partial charge in [-0.25, -0.2) is 13.8 Å². The van der Waals surface area contributed by atoms with Crippen LogP contribution in [0.2, 0.25) is 0 Å². The lowest BCUT2D eigenvalue weighted by Gasteiger charge is -2.46. The van der Waals surface area contributed by atoms with Crippen LogP contribution in [0.5, 0.6) is 5.75 Å². The molecule has 0 bridgehead atoms. The topological polar surface area (TPSA) is 105 Å². The molecule has 1 aliphatic carbocycles. The number of phenolic OH excluding ortho intramolecular Hbond substituents is 1. The van der Waals surface area contributed by atoms with E-state index in [1.165, 1.54) is 11.1 Å². The molecule has 2 N–H and O–H groups in total. The highest BCUT2D eigenvalue weighted by molar-refractivity contribution is 6.10. The number of anilines is 5. The zero-order valence-electron chi connectivity index (χ0n) is 20.4. The van der Waals surface area contributed by atoms with Crippen molar-refractivity contribution in [2.24, 2.45) is 5.92 Å². The monoisotopic (exact) mass is 504 g/mol. The van der Waals surface area contributed by atoms with Crippen LogP contribution in [-0.2, 0) is 4.79 Å². The molecule has 1 atom stereocenters. The van der Waals surface area contributed by atoms with Crippen molar-refractivity contribution in [3.8, 4) is 11.8 Å². The van der Waals surface area contributed by atoms with Crippen LogP contribution in [0.4, 0.5) is 37.6 Å². The molecule has 8 nitrogen and oxygen atoms in total. The van der Waals surface area contributed by atoms with Crippen molar-refractivity contribution >= 4 is 34.7 Å². The molecule has 2 heterocycles. The van der Waals surface area contributed by atoms with E-state index in [1.54, 1.807) is 24.3 Å². The highest BCUT2D eigenvalue weighted by Crippen LogP contribution is 2.43. The van der Waals surface area contributed by atoms with Crippen molar-refractivity contribution in [3.05, 3.63) is 59.8 Å². The predicted octanol–water partition coefficient (Wildman–Crippen LogP) is 5.53. The Hall–Kier alpha value is -4.26. The first-order chi connectivity index (χ1) is 17.8. The van der Waals surface area contributed by atoms with Crippen molar-refractivity contribution in [1.29, 1.82) is 5.26 Å². The Kier molecular flexibility index (Phi) is 6.38. The van der Waals surface area contributed by atoms with E-state index in [4.69, 9.17) is 4.98 Å². The number of halogens is 2. The van der Waals surface area contributed by atoms with E-state index in [1.807, 2.05) is 11.8 Å². The minimum atomic E-state index is -1.11. The number of phenols is 1. The highest BCUT2D eigenvalue weighted by Gasteiger charge is 2.41. The van der Waals surface area contributed by atoms with Gasteiger partial charge in [0, 0.05) is 23.9 Å². The molecule has 0 saturated heterocycles. The third-order valence-electron chi connectivity index (χ3n) is 7.12. The number of aromatic nitrogens is 2. The summed E-state index contributed by atoms with van der Waals surface area (Å²) in [6, 6.07) is 10.3. The van der Waals surface area contributed by atoms with E-state index in [9.17, 15) is 23.9 Å². The van der Waals surface area contributed by atoms with Gasteiger partial charge in [-0.15, -0.1) is 0 Å². The molecular formula is C27H26F2N6O2. The van der Waals surface area contributed by atoms with Gasteiger partial charge in [0.25, 0.3) is 5.91 Å². The second-order valence-corrected chi connectivity index (χ2v) is 9.65. The first-order valence-electron chi connectivity index (χ1n) is 12.2. The Morgan fingerprint density at radius 1 is 1.11 bits per heavy atom. The van der Waals surface area contributed by atoms with Crippen molar-refractivity contribution in [1.82, 2.24) is 9.97 Å². The van der Waals surface area contributed by atoms with Crippen LogP contribution in [0.15, 0.2) is 42.6 Å². The van der Waals surface area contributed by atoms with Gasteiger partial charge in [0.15, 0.2) is 23.2 Å². The number of aromatic hydroxyl groups is 1. The average Bonchev–Trinajstić information content (AvgIpc) is 2.89. The fourth-order valence-corrected chi connectivity index (χ4v) is 5.14. The van der Waals surface area contributed by atoms with Gasteiger partial charge in [0.05, 0.1) is 23.5 Å². The van der Waals surface area contributed by atoms with E-state index in [0.717, 1.165) is 37.8 Å². The maximum atomic E-state index is 13.9. The average molecular weight is 505 g/mol. The van der Waals surface area contributed by atoms with Gasteiger partial charge < -0.3 is 15.3 Å². The zero-order valence-corrected chi connectivity index (χ0v) is 20.4. The summed E-state index contributed by atoms with van der Waals surface area (Å²) in [6.07, 6.45) is 5.38. The van der Waals surface area contributed by atoms with Crippen molar-refractivity contribution < 1.29 is 18.7 Å². The van der Waals surface area contributed by atoms with Crippen LogP contribution in [0.1, 0.15) is 45.1 Å². The summed E-state index contributed by atoms with van der Waals surface area (Å²) in [4.78, 5) is 26.3. The molecule has 190 valence electrons. The van der Waals surface area contributed by atoms with Gasteiger partial charge in [0.1, 0.15) is 11.7 Å². The number of fused-ring (bicyclic) bond motifs is 1. The van der Waals surface area contributed by atoms with Crippen LogP contribution >= 0.6 is 0 Å². The standard InChI is InChI=1S/C27H26F2N6O2/c1-15-6-8-19(9-7-15)34-16(2)26(37)35(20-5-3-4-17(10-20)13-30)23-14-31-27(33-25(23)34)32-18-11-21(28)24(36)22(29)12-18/h3-5,10-12,14-16,19,36H,6-9H2,1-2H3,(H,31,32,33)/t15-,16-,19-/m1/s1. The molecule has 10 heteroatoms. The number of amides is 1. The number of hydrogen-bond acceptors (Lipinski definition) is 7. The smallest absolute Gasteiger partial charge is 0.254 e. The molecule has 5 rings (SSSR count). The van der Waals surface area contributed by atoms with Crippen molar-refractivity contribution in [2.45, 2.75) is 51.6 Å². The number of benzene rings is 2. The first kappa shape index (κ1) is 24.4. The first-order valence-corrected chi connectivity index (χ1v) is 12.2. The SMILES string of the molecule is C[C@@H]1C(=O)N(c2cccc(C#N)c2)c2cnc(Nc3cc(F)c(O)c(F)c3)nc2N1[C@H]1CC[C@H](C)CC1. The summed E-state index contributed by atoms with van der Waals surface area (Å²) in [7, 11) is 0. The summed E-state index contributed by atoms with van der Waals surface area (Å²) in [5, 5.41) is 21.6. The molecule has 1 amide bonds. The maximum absolute atomic E-state index is 13.9. The Bertz CT molecular complexity index is 1380. The van der Waals surface area contributed by atoms with Crippen LogP contribution in [0, 0.1) is 28.9 Å². The third-order valence-corrected chi connectivity index (χ3v) is 7.12. The molecule has 0 unspecified atom stereocenters. The van der Waals surface area contributed by atoms with Gasteiger partial charge in [-0.3, -0.25) is 9.69 Å².